The molecular formula is C25H28F3N5O2S. The number of benzene rings is 1. The number of nitrogens with zero attached hydrogens (tertiary/aromatic N) is 4. The zero-order valence-electron chi connectivity index (χ0n) is 20.0. The molecule has 0 spiro atoms. The molecule has 192 valence electrons. The Morgan fingerprint density at radius 2 is 1.97 bits per heavy atom. The minimum absolute atomic E-state index is 0.0125. The maximum absolute atomic E-state index is 13.1. The van der Waals surface area contributed by atoms with Gasteiger partial charge in [-0.05, 0) is 42.5 Å². The molecule has 0 aliphatic heterocycles. The number of hydrogen-bond acceptors (Lipinski definition) is 7. The largest absolute Gasteiger partial charge is 0.476 e. The second kappa shape index (κ2) is 10.8. The van der Waals surface area contributed by atoms with Gasteiger partial charge < -0.3 is 15.3 Å². The molecule has 36 heavy (non-hydrogen) atoms. The van der Waals surface area contributed by atoms with Gasteiger partial charge >= 0.3 is 12.1 Å². The third-order valence-corrected chi connectivity index (χ3v) is 6.76. The Morgan fingerprint density at radius 3 is 2.61 bits per heavy atom. The van der Waals surface area contributed by atoms with Crippen molar-refractivity contribution in [2.24, 2.45) is 5.92 Å². The summed E-state index contributed by atoms with van der Waals surface area (Å²) in [6.45, 7) is 5.04. The van der Waals surface area contributed by atoms with Gasteiger partial charge in [-0.25, -0.2) is 9.78 Å². The van der Waals surface area contributed by atoms with Crippen LogP contribution in [-0.4, -0.2) is 38.0 Å². The fourth-order valence-corrected chi connectivity index (χ4v) is 5.20. The van der Waals surface area contributed by atoms with E-state index in [4.69, 9.17) is 0 Å². The number of carboxylic acid groups (broad SMARTS) is 1. The highest BCUT2D eigenvalue weighted by atomic mass is 32.1. The van der Waals surface area contributed by atoms with Crippen molar-refractivity contribution < 1.29 is 23.1 Å². The molecule has 0 amide bonds. The normalized spacial score (nSPS) is 14.7. The van der Waals surface area contributed by atoms with E-state index in [0.717, 1.165) is 37.9 Å². The number of halogens is 3. The number of anilines is 3. The fraction of sp³-hybridized carbons (Fsp3) is 0.440. The summed E-state index contributed by atoms with van der Waals surface area (Å²) >= 11 is 0.634. The first-order chi connectivity index (χ1) is 17.1. The van der Waals surface area contributed by atoms with E-state index >= 15 is 0 Å². The smallest absolute Gasteiger partial charge is 0.452 e. The zero-order valence-corrected chi connectivity index (χ0v) is 20.9. The number of carboxylic acids is 1. The van der Waals surface area contributed by atoms with Crippen molar-refractivity contribution in [3.63, 3.8) is 0 Å². The second-order valence-corrected chi connectivity index (χ2v) is 10.1. The Kier molecular flexibility index (Phi) is 7.77. The van der Waals surface area contributed by atoms with Gasteiger partial charge in [0, 0.05) is 35.9 Å². The average molecular weight is 520 g/mol. The molecule has 0 radical (unpaired) electrons. The van der Waals surface area contributed by atoms with Crippen LogP contribution in [-0.2, 0) is 6.18 Å². The van der Waals surface area contributed by atoms with Crippen LogP contribution in [0.1, 0.15) is 62.3 Å². The lowest BCUT2D eigenvalue weighted by molar-refractivity contribution is -0.144. The van der Waals surface area contributed by atoms with Crippen LogP contribution in [0.3, 0.4) is 0 Å². The number of aromatic nitrogens is 3. The summed E-state index contributed by atoms with van der Waals surface area (Å²) in [4.78, 5) is 21.7. The van der Waals surface area contributed by atoms with Gasteiger partial charge in [0.05, 0.1) is 11.4 Å². The summed E-state index contributed by atoms with van der Waals surface area (Å²) in [6, 6.07) is 9.11. The standard InChI is InChI=1S/C25H28F3N5O2S/c1-15(2)14-33(17-7-4-3-5-8-17)20-11-10-16(18-9-6-12-29-21(18)22(34)35)13-19(20)30-24-31-23(32-36-24)25(26,27)28/h6,9-13,15,17H,3-5,7-8,14H2,1-2H3,(H,34,35)(H,30,31,32). The molecule has 0 atom stereocenters. The number of nitrogens with one attached hydrogen (secondary N) is 1. The van der Waals surface area contributed by atoms with E-state index in [0.29, 0.717) is 40.3 Å². The first kappa shape index (κ1) is 25.9. The molecule has 2 N–H and O–H groups in total. The first-order valence-corrected chi connectivity index (χ1v) is 12.7. The minimum atomic E-state index is -4.64. The van der Waals surface area contributed by atoms with Crippen LogP contribution < -0.4 is 10.2 Å². The van der Waals surface area contributed by atoms with Crippen molar-refractivity contribution in [1.29, 1.82) is 0 Å². The maximum atomic E-state index is 13.1. The Morgan fingerprint density at radius 1 is 1.22 bits per heavy atom. The van der Waals surface area contributed by atoms with Crippen LogP contribution in [0.25, 0.3) is 11.1 Å². The molecule has 1 aliphatic carbocycles. The maximum Gasteiger partial charge on any atom is 0.452 e. The van der Waals surface area contributed by atoms with E-state index in [1.54, 1.807) is 18.2 Å². The lowest BCUT2D eigenvalue weighted by Gasteiger charge is -2.38. The number of carbonyl (C=O) groups is 1. The molecule has 1 aromatic carbocycles. The Balaban J connectivity index is 1.81. The lowest BCUT2D eigenvalue weighted by atomic mass is 9.92. The summed E-state index contributed by atoms with van der Waals surface area (Å²) < 4.78 is 42.8. The molecule has 0 bridgehead atoms. The molecule has 4 rings (SSSR count). The molecule has 0 unspecified atom stereocenters. The van der Waals surface area contributed by atoms with E-state index < -0.39 is 18.0 Å². The summed E-state index contributed by atoms with van der Waals surface area (Å²) in [7, 11) is 0. The summed E-state index contributed by atoms with van der Waals surface area (Å²) in [5, 5.41) is 12.7. The molecule has 7 nitrogen and oxygen atoms in total. The predicted octanol–water partition coefficient (Wildman–Crippen LogP) is 6.86. The monoisotopic (exact) mass is 519 g/mol. The summed E-state index contributed by atoms with van der Waals surface area (Å²) in [5.74, 6) is -2.00. The molecule has 3 aromatic rings. The van der Waals surface area contributed by atoms with Crippen molar-refractivity contribution in [2.75, 3.05) is 16.8 Å². The molecule has 2 aromatic heterocycles. The van der Waals surface area contributed by atoms with Gasteiger partial charge in [-0.3, -0.25) is 0 Å². The van der Waals surface area contributed by atoms with Gasteiger partial charge in [0.2, 0.25) is 11.0 Å². The lowest BCUT2D eigenvalue weighted by Crippen LogP contribution is -2.39. The third kappa shape index (κ3) is 5.95. The Bertz CT molecular complexity index is 1210. The zero-order chi connectivity index (χ0) is 25.9. The molecule has 1 fully saturated rings. The van der Waals surface area contributed by atoms with Gasteiger partial charge in [-0.1, -0.05) is 45.2 Å². The van der Waals surface area contributed by atoms with E-state index in [9.17, 15) is 23.1 Å². The van der Waals surface area contributed by atoms with Crippen LogP contribution in [0.2, 0.25) is 0 Å². The van der Waals surface area contributed by atoms with E-state index in [1.165, 1.54) is 12.6 Å². The van der Waals surface area contributed by atoms with Gasteiger partial charge in [-0.2, -0.15) is 22.5 Å². The number of pyridine rings is 1. The Hall–Kier alpha value is -3.21. The summed E-state index contributed by atoms with van der Waals surface area (Å²) in [6.07, 6.45) is 2.30. The van der Waals surface area contributed by atoms with Crippen molar-refractivity contribution >= 4 is 34.0 Å². The van der Waals surface area contributed by atoms with Gasteiger partial charge in [0.25, 0.3) is 0 Å². The SMILES string of the molecule is CC(C)CN(c1ccc(-c2cccnc2C(=O)O)cc1Nc1nc(C(F)(F)F)ns1)C1CCCCC1. The molecule has 1 aliphatic rings. The van der Waals surface area contributed by atoms with Crippen LogP contribution in [0, 0.1) is 5.92 Å². The molecule has 1 saturated carbocycles. The highest BCUT2D eigenvalue weighted by molar-refractivity contribution is 7.09. The molecule has 0 saturated heterocycles. The van der Waals surface area contributed by atoms with Crippen molar-refractivity contribution in [3.8, 4) is 11.1 Å². The van der Waals surface area contributed by atoms with E-state index in [2.05, 4.69) is 38.4 Å². The number of hydrogen-bond donors (Lipinski definition) is 2. The van der Waals surface area contributed by atoms with E-state index in [1.807, 2.05) is 12.1 Å². The van der Waals surface area contributed by atoms with Gasteiger partial charge in [-0.15, -0.1) is 0 Å². The van der Waals surface area contributed by atoms with Crippen molar-refractivity contribution in [1.82, 2.24) is 14.3 Å². The fourth-order valence-electron chi connectivity index (χ4n) is 4.60. The highest BCUT2D eigenvalue weighted by Gasteiger charge is 2.36. The summed E-state index contributed by atoms with van der Waals surface area (Å²) in [5.41, 5.74) is 2.28. The molecule has 11 heteroatoms. The van der Waals surface area contributed by atoms with Gasteiger partial charge in [0.15, 0.2) is 5.69 Å². The predicted molar refractivity (Wildman–Crippen MR) is 134 cm³/mol. The van der Waals surface area contributed by atoms with Crippen molar-refractivity contribution in [2.45, 2.75) is 58.2 Å². The van der Waals surface area contributed by atoms with E-state index in [-0.39, 0.29) is 10.8 Å². The molecular weight excluding hydrogens is 491 g/mol. The Labute approximate surface area is 211 Å². The van der Waals surface area contributed by atoms with Crippen LogP contribution in [0.5, 0.6) is 0 Å². The van der Waals surface area contributed by atoms with Gasteiger partial charge in [0.1, 0.15) is 0 Å². The third-order valence-electron chi connectivity index (χ3n) is 6.13. The highest BCUT2D eigenvalue weighted by Crippen LogP contribution is 2.39. The average Bonchev–Trinajstić information content (AvgIpc) is 3.32. The topological polar surface area (TPSA) is 91.2 Å². The molecule has 2 heterocycles. The van der Waals surface area contributed by atoms with Crippen LogP contribution in [0.15, 0.2) is 36.5 Å². The first-order valence-electron chi connectivity index (χ1n) is 11.9. The van der Waals surface area contributed by atoms with Crippen LogP contribution in [0.4, 0.5) is 29.7 Å². The van der Waals surface area contributed by atoms with Crippen LogP contribution >= 0.6 is 11.5 Å². The number of alkyl halides is 3. The minimum Gasteiger partial charge on any atom is -0.476 e. The van der Waals surface area contributed by atoms with Crippen molar-refractivity contribution in [3.05, 3.63) is 48.0 Å². The quantitative estimate of drug-likeness (QED) is 0.336. The second-order valence-electron chi connectivity index (χ2n) is 9.32. The number of aromatic carboxylic acids is 1. The number of rotatable bonds is 8.